The van der Waals surface area contributed by atoms with Crippen molar-refractivity contribution in [2.45, 2.75) is 12.5 Å². The van der Waals surface area contributed by atoms with Crippen LogP contribution in [0.3, 0.4) is 0 Å². The molecular formula is C10H13FN2O. The Morgan fingerprint density at radius 3 is 3.07 bits per heavy atom. The molecule has 0 spiro atoms. The first-order valence-electron chi connectivity index (χ1n) is 4.64. The fourth-order valence-electron chi connectivity index (χ4n) is 1.92. The second-order valence-electron chi connectivity index (χ2n) is 3.50. The van der Waals surface area contributed by atoms with E-state index in [0.29, 0.717) is 5.69 Å². The molecule has 1 aliphatic rings. The van der Waals surface area contributed by atoms with Crippen LogP contribution in [0.2, 0.25) is 0 Å². The first-order chi connectivity index (χ1) is 6.72. The molecular weight excluding hydrogens is 183 g/mol. The van der Waals surface area contributed by atoms with Crippen LogP contribution in [0.4, 0.5) is 10.1 Å². The third-order valence-electron chi connectivity index (χ3n) is 2.61. The Labute approximate surface area is 81.7 Å². The highest BCUT2D eigenvalue weighted by atomic mass is 19.1. The molecule has 0 fully saturated rings. The number of benzene rings is 1. The predicted molar refractivity (Wildman–Crippen MR) is 52.3 cm³/mol. The Balaban J connectivity index is 2.51. The highest BCUT2D eigenvalue weighted by Gasteiger charge is 2.21. The van der Waals surface area contributed by atoms with Gasteiger partial charge in [-0.15, -0.1) is 0 Å². The van der Waals surface area contributed by atoms with Crippen LogP contribution in [0, 0.1) is 5.82 Å². The van der Waals surface area contributed by atoms with E-state index in [1.165, 1.54) is 12.1 Å². The monoisotopic (exact) mass is 196 g/mol. The molecule has 4 N–H and O–H groups in total. The molecule has 0 saturated heterocycles. The van der Waals surface area contributed by atoms with Crippen LogP contribution in [0.25, 0.3) is 0 Å². The minimum Gasteiger partial charge on any atom is -0.398 e. The van der Waals surface area contributed by atoms with Gasteiger partial charge in [0, 0.05) is 5.69 Å². The SMILES string of the molecule is Nc1cc(F)cc2c1CCNC2CO. The van der Waals surface area contributed by atoms with Crippen molar-refractivity contribution in [2.24, 2.45) is 0 Å². The maximum Gasteiger partial charge on any atom is 0.125 e. The summed E-state index contributed by atoms with van der Waals surface area (Å²) < 4.78 is 13.1. The van der Waals surface area contributed by atoms with E-state index in [1.807, 2.05) is 0 Å². The lowest BCUT2D eigenvalue weighted by molar-refractivity contribution is 0.240. The fraction of sp³-hybridized carbons (Fsp3) is 0.400. The van der Waals surface area contributed by atoms with Gasteiger partial charge in [-0.2, -0.15) is 0 Å². The van der Waals surface area contributed by atoms with Gasteiger partial charge in [-0.3, -0.25) is 0 Å². The normalized spacial score (nSPS) is 20.6. The molecule has 0 aromatic heterocycles. The maximum absolute atomic E-state index is 13.1. The topological polar surface area (TPSA) is 58.3 Å². The van der Waals surface area contributed by atoms with Crippen LogP contribution in [-0.2, 0) is 6.42 Å². The van der Waals surface area contributed by atoms with E-state index in [-0.39, 0.29) is 18.5 Å². The van der Waals surface area contributed by atoms with E-state index in [1.54, 1.807) is 0 Å². The summed E-state index contributed by atoms with van der Waals surface area (Å²) >= 11 is 0. The Hall–Kier alpha value is -1.13. The third-order valence-corrected chi connectivity index (χ3v) is 2.61. The van der Waals surface area contributed by atoms with Gasteiger partial charge in [-0.05, 0) is 36.2 Å². The average Bonchev–Trinajstić information content (AvgIpc) is 2.17. The van der Waals surface area contributed by atoms with Gasteiger partial charge in [0.05, 0.1) is 12.6 Å². The molecule has 4 heteroatoms. The van der Waals surface area contributed by atoms with Crippen molar-refractivity contribution in [2.75, 3.05) is 18.9 Å². The highest BCUT2D eigenvalue weighted by Crippen LogP contribution is 2.28. The number of halogens is 1. The molecule has 1 atom stereocenters. The fourth-order valence-corrected chi connectivity index (χ4v) is 1.92. The molecule has 1 aromatic rings. The van der Waals surface area contributed by atoms with Crippen molar-refractivity contribution >= 4 is 5.69 Å². The van der Waals surface area contributed by atoms with Gasteiger partial charge >= 0.3 is 0 Å². The van der Waals surface area contributed by atoms with Crippen molar-refractivity contribution in [1.82, 2.24) is 5.32 Å². The molecule has 0 amide bonds. The zero-order chi connectivity index (χ0) is 10.1. The molecule has 1 aromatic carbocycles. The number of rotatable bonds is 1. The lowest BCUT2D eigenvalue weighted by Crippen LogP contribution is -2.32. The third kappa shape index (κ3) is 1.47. The van der Waals surface area contributed by atoms with Gasteiger partial charge in [0.2, 0.25) is 0 Å². The number of hydrogen-bond acceptors (Lipinski definition) is 3. The molecule has 0 bridgehead atoms. The second kappa shape index (κ2) is 3.55. The summed E-state index contributed by atoms with van der Waals surface area (Å²) in [4.78, 5) is 0. The molecule has 14 heavy (non-hydrogen) atoms. The van der Waals surface area contributed by atoms with Gasteiger partial charge in [-0.1, -0.05) is 0 Å². The van der Waals surface area contributed by atoms with Crippen LogP contribution in [0.15, 0.2) is 12.1 Å². The lowest BCUT2D eigenvalue weighted by Gasteiger charge is -2.26. The zero-order valence-electron chi connectivity index (χ0n) is 7.76. The van der Waals surface area contributed by atoms with Gasteiger partial charge in [-0.25, -0.2) is 4.39 Å². The van der Waals surface area contributed by atoms with Crippen molar-refractivity contribution in [1.29, 1.82) is 0 Å². The summed E-state index contributed by atoms with van der Waals surface area (Å²) in [6.07, 6.45) is 0.790. The average molecular weight is 196 g/mol. The predicted octanol–water partition coefficient (Wildman–Crippen LogP) is 0.587. The maximum atomic E-state index is 13.1. The minimum absolute atomic E-state index is 0.0319. The quantitative estimate of drug-likeness (QED) is 0.576. The van der Waals surface area contributed by atoms with E-state index < -0.39 is 0 Å². The molecule has 0 aliphatic carbocycles. The second-order valence-corrected chi connectivity index (χ2v) is 3.50. The number of nitrogens with one attached hydrogen (secondary N) is 1. The van der Waals surface area contributed by atoms with Gasteiger partial charge < -0.3 is 16.2 Å². The van der Waals surface area contributed by atoms with E-state index in [0.717, 1.165) is 24.1 Å². The van der Waals surface area contributed by atoms with E-state index in [9.17, 15) is 4.39 Å². The molecule has 3 nitrogen and oxygen atoms in total. The molecule has 1 aliphatic heterocycles. The summed E-state index contributed by atoms with van der Waals surface area (Å²) in [5, 5.41) is 12.2. The summed E-state index contributed by atoms with van der Waals surface area (Å²) in [7, 11) is 0. The van der Waals surface area contributed by atoms with Gasteiger partial charge in [0.25, 0.3) is 0 Å². The zero-order valence-corrected chi connectivity index (χ0v) is 7.76. The lowest BCUT2D eigenvalue weighted by atomic mass is 9.93. The largest absolute Gasteiger partial charge is 0.398 e. The van der Waals surface area contributed by atoms with Crippen LogP contribution in [0.5, 0.6) is 0 Å². The Morgan fingerprint density at radius 1 is 1.57 bits per heavy atom. The number of aliphatic hydroxyl groups is 1. The number of nitrogens with two attached hydrogens (primary N) is 1. The number of anilines is 1. The standard InChI is InChI=1S/C10H13FN2O/c11-6-3-8-7(9(12)4-6)1-2-13-10(8)5-14/h3-4,10,13-14H,1-2,5,12H2. The molecule has 0 radical (unpaired) electrons. The van der Waals surface area contributed by atoms with Crippen molar-refractivity contribution in [3.05, 3.63) is 29.1 Å². The Morgan fingerprint density at radius 2 is 2.36 bits per heavy atom. The highest BCUT2D eigenvalue weighted by molar-refractivity contribution is 5.53. The number of aliphatic hydroxyl groups excluding tert-OH is 1. The molecule has 1 unspecified atom stereocenters. The van der Waals surface area contributed by atoms with Crippen LogP contribution >= 0.6 is 0 Å². The van der Waals surface area contributed by atoms with Crippen molar-refractivity contribution in [3.8, 4) is 0 Å². The van der Waals surface area contributed by atoms with Gasteiger partial charge in [0.15, 0.2) is 0 Å². The van der Waals surface area contributed by atoms with Crippen LogP contribution in [0.1, 0.15) is 17.2 Å². The molecule has 2 rings (SSSR count). The summed E-state index contributed by atoms with van der Waals surface area (Å²) in [5.74, 6) is -0.344. The van der Waals surface area contributed by atoms with Crippen LogP contribution in [-0.4, -0.2) is 18.3 Å². The van der Waals surface area contributed by atoms with E-state index in [4.69, 9.17) is 10.8 Å². The Kier molecular flexibility index (Phi) is 2.39. The van der Waals surface area contributed by atoms with E-state index in [2.05, 4.69) is 5.32 Å². The van der Waals surface area contributed by atoms with E-state index >= 15 is 0 Å². The minimum atomic E-state index is -0.344. The molecule has 76 valence electrons. The molecule has 0 saturated carbocycles. The molecule has 1 heterocycles. The van der Waals surface area contributed by atoms with Crippen molar-refractivity contribution < 1.29 is 9.50 Å². The number of hydrogen-bond donors (Lipinski definition) is 3. The first kappa shape index (κ1) is 9.43. The number of fused-ring (bicyclic) bond motifs is 1. The Bertz CT molecular complexity index is 354. The summed E-state index contributed by atoms with van der Waals surface area (Å²) in [5.41, 5.74) is 7.95. The van der Waals surface area contributed by atoms with Gasteiger partial charge in [0.1, 0.15) is 5.82 Å². The smallest absolute Gasteiger partial charge is 0.125 e. The summed E-state index contributed by atoms with van der Waals surface area (Å²) in [6.45, 7) is 0.740. The van der Waals surface area contributed by atoms with Crippen molar-refractivity contribution in [3.63, 3.8) is 0 Å². The van der Waals surface area contributed by atoms with Crippen LogP contribution < -0.4 is 11.1 Å². The number of nitrogen functional groups attached to an aromatic ring is 1. The summed E-state index contributed by atoms with van der Waals surface area (Å²) in [6, 6.07) is 2.59. The first-order valence-corrected chi connectivity index (χ1v) is 4.64.